The second kappa shape index (κ2) is 9.08. The van der Waals surface area contributed by atoms with Crippen LogP contribution in [0.25, 0.3) is 0 Å². The van der Waals surface area contributed by atoms with Gasteiger partial charge in [-0.05, 0) is 56.4 Å². The minimum atomic E-state index is -0.895. The third-order valence-corrected chi connectivity index (χ3v) is 8.26. The number of hydrogen-bond acceptors (Lipinski definition) is 4. The molecule has 0 aliphatic heterocycles. The molecule has 1 aromatic rings. The van der Waals surface area contributed by atoms with Crippen molar-refractivity contribution >= 4 is 34.1 Å². The molecule has 2 fully saturated rings. The van der Waals surface area contributed by atoms with Gasteiger partial charge in [0.1, 0.15) is 5.00 Å². The summed E-state index contributed by atoms with van der Waals surface area (Å²) < 4.78 is 0. The van der Waals surface area contributed by atoms with Crippen molar-refractivity contribution in [3.8, 4) is 0 Å². The summed E-state index contributed by atoms with van der Waals surface area (Å²) in [6.07, 6.45) is 10.0. The summed E-state index contributed by atoms with van der Waals surface area (Å²) in [5.41, 5.74) is 1.71. The van der Waals surface area contributed by atoms with Crippen LogP contribution in [0, 0.1) is 17.8 Å². The first-order chi connectivity index (χ1) is 14.4. The van der Waals surface area contributed by atoms with Crippen LogP contribution in [-0.4, -0.2) is 28.9 Å². The van der Waals surface area contributed by atoms with Gasteiger partial charge in [-0.2, -0.15) is 0 Å². The lowest BCUT2D eigenvalue weighted by atomic mass is 9.78. The van der Waals surface area contributed by atoms with Crippen LogP contribution in [0.3, 0.4) is 0 Å². The number of fused-ring (bicyclic) bond motifs is 1. The van der Waals surface area contributed by atoms with Crippen molar-refractivity contribution < 1.29 is 19.5 Å². The Labute approximate surface area is 181 Å². The molecule has 6 nitrogen and oxygen atoms in total. The Morgan fingerprint density at radius 2 is 1.63 bits per heavy atom. The van der Waals surface area contributed by atoms with Gasteiger partial charge in [-0.1, -0.05) is 32.6 Å². The van der Waals surface area contributed by atoms with E-state index in [1.165, 1.54) is 16.2 Å². The Bertz CT molecular complexity index is 827. The van der Waals surface area contributed by atoms with Gasteiger partial charge in [-0.15, -0.1) is 11.3 Å². The van der Waals surface area contributed by atoms with Crippen LogP contribution in [0.2, 0.25) is 0 Å². The highest BCUT2D eigenvalue weighted by Crippen LogP contribution is 2.41. The zero-order valence-corrected chi connectivity index (χ0v) is 18.5. The highest BCUT2D eigenvalue weighted by molar-refractivity contribution is 7.17. The van der Waals surface area contributed by atoms with Crippen molar-refractivity contribution in [2.45, 2.75) is 83.6 Å². The maximum atomic E-state index is 13.2. The lowest BCUT2D eigenvalue weighted by molar-refractivity contribution is -0.147. The van der Waals surface area contributed by atoms with Crippen LogP contribution in [0.1, 0.15) is 85.5 Å². The van der Waals surface area contributed by atoms with Gasteiger partial charge < -0.3 is 15.7 Å². The molecule has 2 amide bonds. The van der Waals surface area contributed by atoms with Crippen LogP contribution in [0.4, 0.5) is 5.00 Å². The fourth-order valence-electron chi connectivity index (χ4n) is 5.35. The van der Waals surface area contributed by atoms with Crippen LogP contribution in [0.15, 0.2) is 0 Å². The van der Waals surface area contributed by atoms with Crippen LogP contribution >= 0.6 is 11.3 Å². The van der Waals surface area contributed by atoms with Gasteiger partial charge >= 0.3 is 5.97 Å². The zero-order chi connectivity index (χ0) is 21.3. The zero-order valence-electron chi connectivity index (χ0n) is 17.7. The first-order valence-electron chi connectivity index (χ1n) is 11.4. The average molecular weight is 433 g/mol. The summed E-state index contributed by atoms with van der Waals surface area (Å²) in [5.74, 6) is -1.82. The summed E-state index contributed by atoms with van der Waals surface area (Å²) in [6.45, 7) is 2.22. The normalized spacial score (nSPS) is 26.8. The quantitative estimate of drug-likeness (QED) is 0.644. The summed E-state index contributed by atoms with van der Waals surface area (Å²) >= 11 is 1.51. The lowest BCUT2D eigenvalue weighted by Crippen LogP contribution is -2.37. The van der Waals surface area contributed by atoms with E-state index in [1.54, 1.807) is 0 Å². The Kier molecular flexibility index (Phi) is 6.46. The molecule has 1 heterocycles. The number of hydrogen-bond donors (Lipinski definition) is 3. The fourth-order valence-corrected chi connectivity index (χ4v) is 6.76. The molecule has 0 saturated heterocycles. The smallest absolute Gasteiger partial charge is 0.307 e. The predicted octanol–water partition coefficient (Wildman–Crippen LogP) is 4.37. The molecule has 3 N–H and O–H groups in total. The van der Waals surface area contributed by atoms with Crippen molar-refractivity contribution in [3.05, 3.63) is 16.0 Å². The van der Waals surface area contributed by atoms with Crippen LogP contribution in [-0.2, 0) is 22.4 Å². The highest BCUT2D eigenvalue weighted by atomic mass is 32.1. The molecule has 30 heavy (non-hydrogen) atoms. The van der Waals surface area contributed by atoms with E-state index in [4.69, 9.17) is 0 Å². The minimum Gasteiger partial charge on any atom is -0.481 e. The predicted molar refractivity (Wildman–Crippen MR) is 117 cm³/mol. The molecule has 0 unspecified atom stereocenters. The van der Waals surface area contributed by atoms with E-state index in [0.717, 1.165) is 63.4 Å². The Balaban J connectivity index is 1.59. The number of rotatable bonds is 5. The van der Waals surface area contributed by atoms with Crippen molar-refractivity contribution in [1.29, 1.82) is 0 Å². The molecule has 4 rings (SSSR count). The molecule has 164 valence electrons. The van der Waals surface area contributed by atoms with E-state index in [2.05, 4.69) is 17.6 Å². The van der Waals surface area contributed by atoms with Crippen molar-refractivity contribution in [2.75, 3.05) is 5.32 Å². The number of carbonyl (C=O) groups excluding carboxylic acids is 2. The number of carbonyl (C=O) groups is 3. The number of aliphatic carboxylic acids is 1. The van der Waals surface area contributed by atoms with Crippen LogP contribution in [0.5, 0.6) is 0 Å². The Morgan fingerprint density at radius 3 is 2.33 bits per heavy atom. The standard InChI is InChI=1S/C23H32N2O4S/c1-13-10-11-17-18(12-13)30-22(19(17)21(27)24-14-6-2-3-7-14)25-20(26)15-8-4-5-9-16(15)23(28)29/h13-16H,2-12H2,1H3,(H,24,27)(H,25,26)(H,28,29)/t13-,15+,16+/m1/s1. The Morgan fingerprint density at radius 1 is 0.967 bits per heavy atom. The number of carboxylic acids is 1. The van der Waals surface area contributed by atoms with E-state index in [9.17, 15) is 19.5 Å². The molecular formula is C23H32N2O4S. The number of carboxylic acid groups (broad SMARTS) is 1. The number of amides is 2. The minimum absolute atomic E-state index is 0.0809. The second-order valence-electron chi connectivity index (χ2n) is 9.34. The summed E-state index contributed by atoms with van der Waals surface area (Å²) in [6, 6.07) is 0.217. The average Bonchev–Trinajstić information content (AvgIpc) is 3.34. The number of anilines is 1. The highest BCUT2D eigenvalue weighted by Gasteiger charge is 2.37. The van der Waals surface area contributed by atoms with Gasteiger partial charge in [0.05, 0.1) is 17.4 Å². The van der Waals surface area contributed by atoms with E-state index in [1.807, 2.05) is 0 Å². The van der Waals surface area contributed by atoms with E-state index in [0.29, 0.717) is 29.3 Å². The molecule has 0 aromatic carbocycles. The number of thiophene rings is 1. The van der Waals surface area contributed by atoms with Crippen molar-refractivity contribution in [1.82, 2.24) is 5.32 Å². The molecule has 0 radical (unpaired) electrons. The summed E-state index contributed by atoms with van der Waals surface area (Å²) in [7, 11) is 0. The molecule has 0 spiro atoms. The molecule has 0 bridgehead atoms. The number of nitrogens with one attached hydrogen (secondary N) is 2. The second-order valence-corrected chi connectivity index (χ2v) is 10.4. The largest absolute Gasteiger partial charge is 0.481 e. The van der Waals surface area contributed by atoms with Gasteiger partial charge in [0.25, 0.3) is 5.91 Å². The third-order valence-electron chi connectivity index (χ3n) is 7.09. The van der Waals surface area contributed by atoms with E-state index >= 15 is 0 Å². The summed E-state index contributed by atoms with van der Waals surface area (Å²) in [4.78, 5) is 39.1. The van der Waals surface area contributed by atoms with E-state index < -0.39 is 17.8 Å². The lowest BCUT2D eigenvalue weighted by Gasteiger charge is -2.27. The van der Waals surface area contributed by atoms with E-state index in [-0.39, 0.29) is 17.9 Å². The molecular weight excluding hydrogens is 400 g/mol. The first-order valence-corrected chi connectivity index (χ1v) is 12.2. The molecule has 3 aliphatic rings. The molecule has 3 atom stereocenters. The first kappa shape index (κ1) is 21.3. The molecule has 7 heteroatoms. The van der Waals surface area contributed by atoms with Gasteiger partial charge in [0, 0.05) is 10.9 Å². The summed E-state index contributed by atoms with van der Waals surface area (Å²) in [5, 5.41) is 16.3. The molecule has 3 aliphatic carbocycles. The Hall–Kier alpha value is -1.89. The molecule has 2 saturated carbocycles. The maximum Gasteiger partial charge on any atom is 0.307 e. The van der Waals surface area contributed by atoms with Gasteiger partial charge in [0.2, 0.25) is 5.91 Å². The monoisotopic (exact) mass is 432 g/mol. The van der Waals surface area contributed by atoms with Gasteiger partial charge in [-0.3, -0.25) is 14.4 Å². The third kappa shape index (κ3) is 4.41. The van der Waals surface area contributed by atoms with Gasteiger partial charge in [-0.25, -0.2) is 0 Å². The van der Waals surface area contributed by atoms with Crippen molar-refractivity contribution in [2.24, 2.45) is 17.8 Å². The van der Waals surface area contributed by atoms with Crippen molar-refractivity contribution in [3.63, 3.8) is 0 Å². The van der Waals surface area contributed by atoms with Gasteiger partial charge in [0.15, 0.2) is 0 Å². The maximum absolute atomic E-state index is 13.2. The topological polar surface area (TPSA) is 95.5 Å². The SMILES string of the molecule is C[C@@H]1CCc2c(sc(NC(=O)[C@H]3CCCC[C@@H]3C(=O)O)c2C(=O)NC2CCCC2)C1. The van der Waals surface area contributed by atoms with Crippen LogP contribution < -0.4 is 10.6 Å². The molecule has 1 aromatic heterocycles. The fraction of sp³-hybridized carbons (Fsp3) is 0.696.